The maximum atomic E-state index is 12.6. The van der Waals surface area contributed by atoms with Gasteiger partial charge in [0.25, 0.3) is 5.91 Å². The first-order valence-electron chi connectivity index (χ1n) is 7.81. The Labute approximate surface area is 148 Å². The molecule has 2 aromatic heterocycles. The van der Waals surface area contributed by atoms with Crippen molar-refractivity contribution in [2.24, 2.45) is 0 Å². The second-order valence-electron chi connectivity index (χ2n) is 5.74. The van der Waals surface area contributed by atoms with Crippen LogP contribution in [0.4, 0.5) is 5.95 Å². The van der Waals surface area contributed by atoms with Gasteiger partial charge in [-0.2, -0.15) is 4.98 Å². The number of fused-ring (bicyclic) bond motifs is 1. The van der Waals surface area contributed by atoms with Crippen LogP contribution in [0, 0.1) is 0 Å². The summed E-state index contributed by atoms with van der Waals surface area (Å²) in [6.45, 7) is 2.29. The molecule has 1 aliphatic heterocycles. The lowest BCUT2D eigenvalue weighted by molar-refractivity contribution is 0.0743. The number of hydrogen-bond acceptors (Lipinski definition) is 6. The number of hydrogen-bond donors (Lipinski definition) is 2. The smallest absolute Gasteiger partial charge is 0.257 e. The summed E-state index contributed by atoms with van der Waals surface area (Å²) >= 11 is 5.89. The normalized spacial score (nSPS) is 14.9. The Morgan fingerprint density at radius 3 is 2.80 bits per heavy atom. The molecule has 1 saturated heterocycles. The second-order valence-corrected chi connectivity index (χ2v) is 6.14. The molecule has 0 radical (unpaired) electrons. The van der Waals surface area contributed by atoms with E-state index in [0.29, 0.717) is 37.8 Å². The van der Waals surface area contributed by atoms with Crippen LogP contribution >= 0.6 is 11.6 Å². The Balaban J connectivity index is 1.47. The Kier molecular flexibility index (Phi) is 3.89. The molecule has 0 aliphatic carbocycles. The van der Waals surface area contributed by atoms with Crippen LogP contribution in [-0.4, -0.2) is 62.0 Å². The van der Waals surface area contributed by atoms with Gasteiger partial charge in [-0.15, -0.1) is 0 Å². The number of carbonyl (C=O) groups is 1. The number of benzene rings is 1. The number of nitrogens with zero attached hydrogens (tertiary/aromatic N) is 5. The molecule has 0 bridgehead atoms. The minimum absolute atomic E-state index is 0.174. The fourth-order valence-electron chi connectivity index (χ4n) is 2.88. The highest BCUT2D eigenvalue weighted by molar-refractivity contribution is 6.32. The van der Waals surface area contributed by atoms with Gasteiger partial charge in [-0.1, -0.05) is 17.7 Å². The minimum Gasteiger partial charge on any atom is -0.506 e. The number of amides is 1. The number of carbonyl (C=O) groups excluding carboxylic acids is 1. The molecule has 0 spiro atoms. The van der Waals surface area contributed by atoms with E-state index in [1.807, 2.05) is 0 Å². The van der Waals surface area contributed by atoms with Gasteiger partial charge in [-0.3, -0.25) is 4.79 Å². The zero-order valence-corrected chi connectivity index (χ0v) is 13.9. The van der Waals surface area contributed by atoms with E-state index in [0.717, 1.165) is 5.52 Å². The van der Waals surface area contributed by atoms with Crippen molar-refractivity contribution in [2.75, 3.05) is 31.1 Å². The molecule has 9 heteroatoms. The van der Waals surface area contributed by atoms with E-state index in [2.05, 4.69) is 24.8 Å². The number of phenols is 1. The van der Waals surface area contributed by atoms with Crippen molar-refractivity contribution in [1.29, 1.82) is 0 Å². The lowest BCUT2D eigenvalue weighted by Crippen LogP contribution is -2.49. The van der Waals surface area contributed by atoms with Gasteiger partial charge in [0.15, 0.2) is 5.65 Å². The second kappa shape index (κ2) is 6.21. The Morgan fingerprint density at radius 2 is 2.04 bits per heavy atom. The molecule has 4 rings (SSSR count). The summed E-state index contributed by atoms with van der Waals surface area (Å²) < 4.78 is 0. The van der Waals surface area contributed by atoms with Crippen LogP contribution in [0.1, 0.15) is 10.4 Å². The highest BCUT2D eigenvalue weighted by atomic mass is 35.5. The summed E-state index contributed by atoms with van der Waals surface area (Å²) in [5.74, 6) is 0.316. The number of aromatic amines is 1. The molecule has 1 aliphatic rings. The van der Waals surface area contributed by atoms with E-state index in [1.54, 1.807) is 29.3 Å². The Morgan fingerprint density at radius 1 is 1.24 bits per heavy atom. The third-order valence-corrected chi connectivity index (χ3v) is 4.54. The third-order valence-electron chi connectivity index (χ3n) is 4.23. The molecular weight excluding hydrogens is 344 g/mol. The highest BCUT2D eigenvalue weighted by Crippen LogP contribution is 2.28. The summed E-state index contributed by atoms with van der Waals surface area (Å²) in [7, 11) is 0. The van der Waals surface area contributed by atoms with Crippen molar-refractivity contribution in [2.45, 2.75) is 0 Å². The van der Waals surface area contributed by atoms with E-state index < -0.39 is 0 Å². The number of rotatable bonds is 2. The SMILES string of the molecule is O=C(c1cccc(Cl)c1O)N1CCN(c2nc3ncncc3[nH]2)CC1. The molecule has 0 unspecified atom stereocenters. The van der Waals surface area contributed by atoms with Gasteiger partial charge in [0.1, 0.15) is 17.6 Å². The molecule has 0 atom stereocenters. The van der Waals surface area contributed by atoms with Crippen LogP contribution in [0.2, 0.25) is 5.02 Å². The molecule has 1 aromatic carbocycles. The Bertz CT molecular complexity index is 902. The first-order valence-corrected chi connectivity index (χ1v) is 8.18. The first-order chi connectivity index (χ1) is 12.1. The van der Waals surface area contributed by atoms with Gasteiger partial charge < -0.3 is 19.9 Å². The number of H-pyrrole nitrogens is 1. The molecule has 2 N–H and O–H groups in total. The minimum atomic E-state index is -0.227. The number of halogens is 1. The van der Waals surface area contributed by atoms with Crippen molar-refractivity contribution in [1.82, 2.24) is 24.8 Å². The van der Waals surface area contributed by atoms with Crippen molar-refractivity contribution in [3.05, 3.63) is 41.3 Å². The Hall–Kier alpha value is -2.87. The summed E-state index contributed by atoms with van der Waals surface area (Å²) in [4.78, 5) is 32.1. The quantitative estimate of drug-likeness (QED) is 0.723. The van der Waals surface area contributed by atoms with Gasteiger partial charge in [0.05, 0.1) is 16.8 Å². The standard InChI is InChI=1S/C16H15ClN6O2/c17-11-3-1-2-10(13(11)24)15(25)22-4-6-23(7-5-22)16-20-12-8-18-9-19-14(12)21-16/h1-3,8-9,24H,4-7H2,(H,18,19,20,21). The van der Waals surface area contributed by atoms with E-state index in [9.17, 15) is 9.90 Å². The number of aromatic hydroxyl groups is 1. The number of aromatic nitrogens is 4. The van der Waals surface area contributed by atoms with Crippen molar-refractivity contribution < 1.29 is 9.90 Å². The van der Waals surface area contributed by atoms with Crippen molar-refractivity contribution in [3.63, 3.8) is 0 Å². The number of imidazole rings is 1. The molecule has 0 saturated carbocycles. The van der Waals surface area contributed by atoms with Crippen LogP contribution in [0.5, 0.6) is 5.75 Å². The number of nitrogens with one attached hydrogen (secondary N) is 1. The monoisotopic (exact) mass is 358 g/mol. The van der Waals surface area contributed by atoms with Gasteiger partial charge >= 0.3 is 0 Å². The zero-order chi connectivity index (χ0) is 17.4. The lowest BCUT2D eigenvalue weighted by Gasteiger charge is -2.34. The van der Waals surface area contributed by atoms with E-state index >= 15 is 0 Å². The largest absolute Gasteiger partial charge is 0.506 e. The number of phenolic OH excluding ortho intramolecular Hbond substituents is 1. The lowest BCUT2D eigenvalue weighted by atomic mass is 10.1. The van der Waals surface area contributed by atoms with Gasteiger partial charge in [0, 0.05) is 26.2 Å². The van der Waals surface area contributed by atoms with E-state index in [1.165, 1.54) is 6.33 Å². The van der Waals surface area contributed by atoms with Gasteiger partial charge in [-0.25, -0.2) is 9.97 Å². The van der Waals surface area contributed by atoms with Gasteiger partial charge in [-0.05, 0) is 12.1 Å². The van der Waals surface area contributed by atoms with Crippen molar-refractivity contribution >= 4 is 34.6 Å². The van der Waals surface area contributed by atoms with Crippen LogP contribution in [0.15, 0.2) is 30.7 Å². The maximum Gasteiger partial charge on any atom is 0.257 e. The molecule has 3 aromatic rings. The summed E-state index contributed by atoms with van der Waals surface area (Å²) in [5, 5.41) is 10.2. The first kappa shape index (κ1) is 15.6. The molecule has 1 amide bonds. The predicted molar refractivity (Wildman–Crippen MR) is 92.9 cm³/mol. The molecule has 3 heterocycles. The number of para-hydroxylation sites is 1. The number of piperazine rings is 1. The average molecular weight is 359 g/mol. The fourth-order valence-corrected chi connectivity index (χ4v) is 3.05. The predicted octanol–water partition coefficient (Wildman–Crippen LogP) is 1.67. The summed E-state index contributed by atoms with van der Waals surface area (Å²) in [6.07, 6.45) is 3.14. The molecular formula is C16H15ClN6O2. The fraction of sp³-hybridized carbons (Fsp3) is 0.250. The number of anilines is 1. The van der Waals surface area contributed by atoms with Crippen LogP contribution in [0.3, 0.4) is 0 Å². The topological polar surface area (TPSA) is 98.2 Å². The molecule has 128 valence electrons. The summed E-state index contributed by atoms with van der Waals surface area (Å²) in [5.41, 5.74) is 1.62. The molecule has 1 fully saturated rings. The average Bonchev–Trinajstić information content (AvgIpc) is 3.08. The highest BCUT2D eigenvalue weighted by Gasteiger charge is 2.25. The van der Waals surface area contributed by atoms with Crippen LogP contribution < -0.4 is 4.90 Å². The van der Waals surface area contributed by atoms with E-state index in [-0.39, 0.29) is 22.2 Å². The van der Waals surface area contributed by atoms with Gasteiger partial charge in [0.2, 0.25) is 5.95 Å². The van der Waals surface area contributed by atoms with E-state index in [4.69, 9.17) is 11.6 Å². The van der Waals surface area contributed by atoms with Crippen molar-refractivity contribution in [3.8, 4) is 5.75 Å². The third kappa shape index (κ3) is 2.85. The molecule has 8 nitrogen and oxygen atoms in total. The summed E-state index contributed by atoms with van der Waals surface area (Å²) in [6, 6.07) is 4.78. The van der Waals surface area contributed by atoms with Crippen LogP contribution in [0.25, 0.3) is 11.2 Å². The zero-order valence-electron chi connectivity index (χ0n) is 13.2. The van der Waals surface area contributed by atoms with Crippen LogP contribution in [-0.2, 0) is 0 Å². The maximum absolute atomic E-state index is 12.6. The molecule has 25 heavy (non-hydrogen) atoms.